The zero-order valence-corrected chi connectivity index (χ0v) is 18.5. The van der Waals surface area contributed by atoms with Gasteiger partial charge in [0.25, 0.3) is 5.22 Å². The lowest BCUT2D eigenvalue weighted by Gasteiger charge is -2.15. The molecule has 2 aliphatic heterocycles. The molecule has 166 valence electrons. The summed E-state index contributed by atoms with van der Waals surface area (Å²) in [7, 11) is -3.50. The lowest BCUT2D eigenvalue weighted by molar-refractivity contribution is 0.102. The van der Waals surface area contributed by atoms with Crippen LogP contribution in [0.4, 0.5) is 0 Å². The first kappa shape index (κ1) is 21.0. The molecule has 2 aromatic carbocycles. The van der Waals surface area contributed by atoms with Crippen LogP contribution in [0.25, 0.3) is 11.5 Å². The molecule has 1 saturated heterocycles. The monoisotopic (exact) mass is 473 g/mol. The molecule has 0 bridgehead atoms. The van der Waals surface area contributed by atoms with E-state index < -0.39 is 10.0 Å². The van der Waals surface area contributed by atoms with Crippen molar-refractivity contribution in [2.45, 2.75) is 23.0 Å². The van der Waals surface area contributed by atoms with Gasteiger partial charge in [0.05, 0.1) is 10.6 Å². The molecule has 1 aromatic heterocycles. The number of fused-ring (bicyclic) bond motifs is 1. The average Bonchev–Trinajstić information content (AvgIpc) is 3.58. The summed E-state index contributed by atoms with van der Waals surface area (Å²) in [6.07, 6.45) is 1.75. The van der Waals surface area contributed by atoms with Crippen molar-refractivity contribution >= 4 is 27.6 Å². The molecule has 0 radical (unpaired) electrons. The summed E-state index contributed by atoms with van der Waals surface area (Å²) in [6, 6.07) is 11.4. The number of rotatable bonds is 7. The molecule has 0 amide bonds. The number of sulfonamides is 1. The van der Waals surface area contributed by atoms with Crippen molar-refractivity contribution in [1.29, 1.82) is 0 Å². The smallest absolute Gasteiger partial charge is 0.277 e. The summed E-state index contributed by atoms with van der Waals surface area (Å²) in [5.74, 6) is 1.51. The lowest BCUT2D eigenvalue weighted by Crippen LogP contribution is -2.27. The number of nitrogens with zero attached hydrogens (tertiary/aromatic N) is 3. The van der Waals surface area contributed by atoms with E-state index in [-0.39, 0.29) is 28.4 Å². The van der Waals surface area contributed by atoms with Crippen LogP contribution < -0.4 is 9.47 Å². The molecule has 2 aliphatic rings. The second-order valence-electron chi connectivity index (χ2n) is 7.29. The van der Waals surface area contributed by atoms with E-state index in [4.69, 9.17) is 13.9 Å². The average molecular weight is 474 g/mol. The van der Waals surface area contributed by atoms with Gasteiger partial charge in [0.1, 0.15) is 0 Å². The van der Waals surface area contributed by atoms with Crippen LogP contribution in [0.3, 0.4) is 0 Å². The van der Waals surface area contributed by atoms with Crippen LogP contribution in [0, 0.1) is 0 Å². The molecule has 0 spiro atoms. The van der Waals surface area contributed by atoms with Crippen molar-refractivity contribution in [3.05, 3.63) is 48.0 Å². The molecular weight excluding hydrogens is 454 g/mol. The van der Waals surface area contributed by atoms with E-state index in [1.165, 1.54) is 28.6 Å². The fourth-order valence-electron chi connectivity index (χ4n) is 3.52. The van der Waals surface area contributed by atoms with Gasteiger partial charge in [-0.3, -0.25) is 4.79 Å². The predicted molar refractivity (Wildman–Crippen MR) is 115 cm³/mol. The van der Waals surface area contributed by atoms with E-state index in [1.807, 2.05) is 0 Å². The fourth-order valence-corrected chi connectivity index (χ4v) is 5.69. The van der Waals surface area contributed by atoms with Crippen LogP contribution in [-0.4, -0.2) is 54.3 Å². The third-order valence-corrected chi connectivity index (χ3v) is 7.96. The minimum absolute atomic E-state index is 0.0843. The highest BCUT2D eigenvalue weighted by molar-refractivity contribution is 7.99. The Morgan fingerprint density at radius 2 is 1.75 bits per heavy atom. The Kier molecular flexibility index (Phi) is 5.62. The van der Waals surface area contributed by atoms with E-state index >= 15 is 0 Å². The van der Waals surface area contributed by atoms with Crippen molar-refractivity contribution in [3.8, 4) is 23.0 Å². The predicted octanol–water partition coefficient (Wildman–Crippen LogP) is 3.22. The summed E-state index contributed by atoms with van der Waals surface area (Å²) < 4.78 is 43.0. The maximum atomic E-state index is 12.6. The van der Waals surface area contributed by atoms with E-state index in [9.17, 15) is 13.2 Å². The SMILES string of the molecule is O=C(CSc1nnc(-c2ccc3c(c2)OCO3)o1)c1ccc(S(=O)(=O)N2CCCC2)cc1. The molecule has 11 heteroatoms. The fraction of sp³-hybridized carbons (Fsp3) is 0.286. The third-order valence-electron chi connectivity index (χ3n) is 5.23. The minimum atomic E-state index is -3.50. The zero-order valence-electron chi connectivity index (χ0n) is 16.9. The first-order valence-corrected chi connectivity index (χ1v) is 12.4. The second-order valence-corrected chi connectivity index (χ2v) is 10.2. The van der Waals surface area contributed by atoms with Gasteiger partial charge >= 0.3 is 0 Å². The highest BCUT2D eigenvalue weighted by Gasteiger charge is 2.27. The van der Waals surface area contributed by atoms with E-state index in [1.54, 1.807) is 18.2 Å². The Balaban J connectivity index is 1.22. The number of ketones is 1. The quantitative estimate of drug-likeness (QED) is 0.377. The van der Waals surface area contributed by atoms with Gasteiger partial charge in [0, 0.05) is 24.2 Å². The Labute approximate surface area is 188 Å². The number of thioether (sulfide) groups is 1. The first-order chi connectivity index (χ1) is 15.5. The second kappa shape index (κ2) is 8.57. The van der Waals surface area contributed by atoms with E-state index in [2.05, 4.69) is 10.2 Å². The molecule has 0 aliphatic carbocycles. The minimum Gasteiger partial charge on any atom is -0.454 e. The van der Waals surface area contributed by atoms with Gasteiger partial charge in [0.2, 0.25) is 22.7 Å². The molecule has 0 saturated carbocycles. The van der Waals surface area contributed by atoms with Crippen LogP contribution in [0.2, 0.25) is 0 Å². The van der Waals surface area contributed by atoms with E-state index in [0.29, 0.717) is 41.6 Å². The van der Waals surface area contributed by atoms with Gasteiger partial charge in [-0.15, -0.1) is 10.2 Å². The van der Waals surface area contributed by atoms with Crippen molar-refractivity contribution < 1.29 is 27.1 Å². The van der Waals surface area contributed by atoms with Crippen LogP contribution in [0.1, 0.15) is 23.2 Å². The molecule has 1 fully saturated rings. The van der Waals surface area contributed by atoms with Crippen molar-refractivity contribution in [1.82, 2.24) is 14.5 Å². The largest absolute Gasteiger partial charge is 0.454 e. The molecule has 0 unspecified atom stereocenters. The van der Waals surface area contributed by atoms with Crippen LogP contribution in [0.15, 0.2) is 57.0 Å². The molecular formula is C21H19N3O6S2. The standard InChI is InChI=1S/C21H19N3O6S2/c25-17(14-3-6-16(7-4-14)32(26,27)24-9-1-2-10-24)12-31-21-23-22-20(30-21)15-5-8-18-19(11-15)29-13-28-18/h3-8,11H,1-2,9-10,12-13H2. The number of benzene rings is 2. The number of Topliss-reactive ketones (excluding diaryl/α,β-unsaturated/α-hetero) is 1. The number of carbonyl (C=O) groups is 1. The molecule has 5 rings (SSSR count). The summed E-state index contributed by atoms with van der Waals surface area (Å²) in [4.78, 5) is 12.7. The van der Waals surface area contributed by atoms with Gasteiger partial charge < -0.3 is 13.9 Å². The Morgan fingerprint density at radius 1 is 1.00 bits per heavy atom. The maximum Gasteiger partial charge on any atom is 0.277 e. The molecule has 0 atom stereocenters. The van der Waals surface area contributed by atoms with Crippen molar-refractivity contribution in [2.24, 2.45) is 0 Å². The lowest BCUT2D eigenvalue weighted by atomic mass is 10.1. The summed E-state index contributed by atoms with van der Waals surface area (Å²) in [5.41, 5.74) is 1.11. The highest BCUT2D eigenvalue weighted by Crippen LogP contribution is 2.36. The number of hydrogen-bond acceptors (Lipinski definition) is 9. The van der Waals surface area contributed by atoms with Gasteiger partial charge in [-0.1, -0.05) is 23.9 Å². The summed E-state index contributed by atoms with van der Waals surface area (Å²) in [6.45, 7) is 1.26. The van der Waals surface area contributed by atoms with Gasteiger partial charge in [0.15, 0.2) is 17.3 Å². The van der Waals surface area contributed by atoms with Crippen LogP contribution in [0.5, 0.6) is 11.5 Å². The zero-order chi connectivity index (χ0) is 22.1. The third kappa shape index (κ3) is 4.10. The van der Waals surface area contributed by atoms with Gasteiger partial charge in [-0.05, 0) is 43.2 Å². The number of hydrogen-bond donors (Lipinski definition) is 0. The number of ether oxygens (including phenoxy) is 2. The maximum absolute atomic E-state index is 12.6. The Morgan fingerprint density at radius 3 is 2.53 bits per heavy atom. The number of carbonyl (C=O) groups excluding carboxylic acids is 1. The normalized spacial score (nSPS) is 15.9. The topological polar surface area (TPSA) is 112 Å². The summed E-state index contributed by atoms with van der Waals surface area (Å²) in [5, 5.41) is 8.27. The van der Waals surface area contributed by atoms with Crippen LogP contribution >= 0.6 is 11.8 Å². The number of aromatic nitrogens is 2. The van der Waals surface area contributed by atoms with E-state index in [0.717, 1.165) is 24.6 Å². The van der Waals surface area contributed by atoms with Crippen LogP contribution in [-0.2, 0) is 10.0 Å². The Bertz CT molecular complexity index is 1250. The highest BCUT2D eigenvalue weighted by atomic mass is 32.2. The molecule has 3 aromatic rings. The summed E-state index contributed by atoms with van der Waals surface area (Å²) >= 11 is 1.12. The Hall–Kier alpha value is -2.89. The molecule has 9 nitrogen and oxygen atoms in total. The van der Waals surface area contributed by atoms with Crippen molar-refractivity contribution in [2.75, 3.05) is 25.6 Å². The molecule has 0 N–H and O–H groups in total. The molecule has 3 heterocycles. The first-order valence-electron chi connectivity index (χ1n) is 10.0. The molecule has 32 heavy (non-hydrogen) atoms. The van der Waals surface area contributed by atoms with Gasteiger partial charge in [-0.2, -0.15) is 4.31 Å². The van der Waals surface area contributed by atoms with Crippen molar-refractivity contribution in [3.63, 3.8) is 0 Å². The van der Waals surface area contributed by atoms with Gasteiger partial charge in [-0.25, -0.2) is 8.42 Å².